The first-order valence-corrected chi connectivity index (χ1v) is 7.00. The molecule has 0 aromatic heterocycles. The molecule has 0 fully saturated rings. The van der Waals surface area contributed by atoms with Crippen LogP contribution in [0.3, 0.4) is 0 Å². The molecule has 0 aliphatic carbocycles. The molecule has 0 unspecified atom stereocenters. The molecule has 5 heteroatoms. The van der Waals surface area contributed by atoms with E-state index in [1.165, 1.54) is 0 Å². The number of nitrogens with one attached hydrogen (secondary N) is 2. The third-order valence-electron chi connectivity index (χ3n) is 3.13. The zero-order chi connectivity index (χ0) is 14.3. The Bertz CT molecular complexity index is 351. The van der Waals surface area contributed by atoms with E-state index in [4.69, 9.17) is 0 Å². The van der Waals surface area contributed by atoms with Crippen LogP contribution in [-0.4, -0.2) is 23.1 Å². The van der Waals surface area contributed by atoms with Gasteiger partial charge < -0.3 is 10.2 Å². The van der Waals surface area contributed by atoms with E-state index >= 15 is 0 Å². The quantitative estimate of drug-likeness (QED) is 0.625. The predicted molar refractivity (Wildman–Crippen MR) is 74.7 cm³/mol. The highest BCUT2D eigenvalue weighted by Crippen LogP contribution is 2.11. The van der Waals surface area contributed by atoms with Gasteiger partial charge in [0, 0.05) is 37.2 Å². The van der Waals surface area contributed by atoms with Crippen LogP contribution in [0.4, 0.5) is 0 Å². The summed E-state index contributed by atoms with van der Waals surface area (Å²) in [6.07, 6.45) is 5.87. The zero-order valence-electron chi connectivity index (χ0n) is 12.2. The lowest BCUT2D eigenvalue weighted by Crippen LogP contribution is -2.37. The molecule has 0 saturated heterocycles. The maximum Gasteiger partial charge on any atom is 0.135 e. The lowest BCUT2D eigenvalue weighted by molar-refractivity contribution is -0.122. The number of carbonyl (C=O) groups is 2. The molecule has 0 bridgehead atoms. The zero-order valence-corrected chi connectivity index (χ0v) is 12.2. The van der Waals surface area contributed by atoms with Gasteiger partial charge in [0.05, 0.1) is 0 Å². The van der Waals surface area contributed by atoms with E-state index in [2.05, 4.69) is 11.0 Å². The minimum Gasteiger partial charge on any atom is -0.306 e. The Morgan fingerprint density at radius 1 is 1.26 bits per heavy atom. The van der Waals surface area contributed by atoms with Gasteiger partial charge in [-0.1, -0.05) is 13.8 Å². The number of hydrogen-bond acceptors (Lipinski definition) is 5. The van der Waals surface area contributed by atoms with Gasteiger partial charge in [0.15, 0.2) is 0 Å². The number of allylic oxidation sites excluding steroid dienone is 1. The number of hydrogen-bond donors (Lipinski definition) is 2. The highest BCUT2D eigenvalue weighted by molar-refractivity contribution is 5.80. The van der Waals surface area contributed by atoms with E-state index in [0.29, 0.717) is 18.6 Å². The first kappa shape index (κ1) is 15.7. The molecule has 2 N–H and O–H groups in total. The van der Waals surface area contributed by atoms with E-state index < -0.39 is 0 Å². The molecule has 1 aliphatic rings. The third kappa shape index (κ3) is 6.38. The minimum absolute atomic E-state index is 0.109. The molecular weight excluding hydrogens is 242 g/mol. The van der Waals surface area contributed by atoms with Crippen LogP contribution in [0, 0.1) is 5.92 Å². The van der Waals surface area contributed by atoms with Crippen LogP contribution in [0.25, 0.3) is 0 Å². The number of unbranched alkanes of at least 4 members (excludes halogenated alkanes) is 1. The number of ketones is 2. The van der Waals surface area contributed by atoms with Gasteiger partial charge in [-0.2, -0.15) is 0 Å². The van der Waals surface area contributed by atoms with Crippen molar-refractivity contribution in [3.05, 3.63) is 11.9 Å². The largest absolute Gasteiger partial charge is 0.306 e. The van der Waals surface area contributed by atoms with E-state index in [9.17, 15) is 9.59 Å². The summed E-state index contributed by atoms with van der Waals surface area (Å²) in [5.41, 5.74) is 7.15. The van der Waals surface area contributed by atoms with E-state index in [-0.39, 0.29) is 11.7 Å². The Balaban J connectivity index is 2.19. The number of Topliss-reactive ketones (excluding diaryl/α,β-unsaturated/α-hetero) is 2. The van der Waals surface area contributed by atoms with Crippen LogP contribution in [0.1, 0.15) is 52.9 Å². The van der Waals surface area contributed by atoms with Crippen molar-refractivity contribution in [1.82, 2.24) is 16.0 Å². The van der Waals surface area contributed by atoms with Gasteiger partial charge in [-0.3, -0.25) is 9.80 Å². The molecule has 1 heterocycles. The maximum absolute atomic E-state index is 11.5. The van der Waals surface area contributed by atoms with E-state index in [0.717, 1.165) is 31.5 Å². The van der Waals surface area contributed by atoms with Crippen LogP contribution < -0.4 is 11.0 Å². The Morgan fingerprint density at radius 2 is 2.00 bits per heavy atom. The van der Waals surface area contributed by atoms with Crippen molar-refractivity contribution < 1.29 is 9.59 Å². The van der Waals surface area contributed by atoms with E-state index in [1.54, 1.807) is 6.92 Å². The average Bonchev–Trinajstić information content (AvgIpc) is 2.79. The number of hydrazine groups is 2. The lowest BCUT2D eigenvalue weighted by atomic mass is 10.0. The van der Waals surface area contributed by atoms with Crippen LogP contribution in [0.5, 0.6) is 0 Å². The fraction of sp³-hybridized carbons (Fsp3) is 0.714. The molecule has 108 valence electrons. The van der Waals surface area contributed by atoms with Crippen molar-refractivity contribution in [3.8, 4) is 0 Å². The summed E-state index contributed by atoms with van der Waals surface area (Å²) in [6, 6.07) is 0. The van der Waals surface area contributed by atoms with Crippen LogP contribution in [0.15, 0.2) is 11.9 Å². The molecule has 0 radical (unpaired) electrons. The van der Waals surface area contributed by atoms with Gasteiger partial charge in [-0.25, -0.2) is 0 Å². The number of carbonyl (C=O) groups excluding carboxylic acids is 2. The van der Waals surface area contributed by atoms with Gasteiger partial charge in [0.1, 0.15) is 11.6 Å². The predicted octanol–water partition coefficient (Wildman–Crippen LogP) is 1.92. The van der Waals surface area contributed by atoms with E-state index in [1.807, 2.05) is 25.1 Å². The molecule has 0 saturated carbocycles. The summed E-state index contributed by atoms with van der Waals surface area (Å²) in [6.45, 7) is 6.35. The van der Waals surface area contributed by atoms with Gasteiger partial charge in [0.25, 0.3) is 0 Å². The van der Waals surface area contributed by atoms with Gasteiger partial charge >= 0.3 is 0 Å². The monoisotopic (exact) mass is 267 g/mol. The van der Waals surface area contributed by atoms with Crippen molar-refractivity contribution in [2.75, 3.05) is 6.54 Å². The topological polar surface area (TPSA) is 61.4 Å². The summed E-state index contributed by atoms with van der Waals surface area (Å²) >= 11 is 0. The second-order valence-electron chi connectivity index (χ2n) is 5.36. The smallest absolute Gasteiger partial charge is 0.135 e. The average molecular weight is 267 g/mol. The SMILES string of the molecule is CC(=O)CCCCN1C=C(CCC(=O)C(C)C)NN1. The molecule has 1 rings (SSSR count). The Kier molecular flexibility index (Phi) is 6.56. The second kappa shape index (κ2) is 7.94. The minimum atomic E-state index is 0.109. The van der Waals surface area contributed by atoms with Gasteiger partial charge in [-0.05, 0) is 26.2 Å². The fourth-order valence-electron chi connectivity index (χ4n) is 1.85. The van der Waals surface area contributed by atoms with Crippen LogP contribution >= 0.6 is 0 Å². The molecule has 0 aromatic carbocycles. The standard InChI is InChI=1S/C14H25N3O2/c1-11(2)14(19)8-7-13-10-17(16-15-13)9-5-4-6-12(3)18/h10-11,15-16H,4-9H2,1-3H3. The summed E-state index contributed by atoms with van der Waals surface area (Å²) in [5.74, 6) is 0.649. The van der Waals surface area contributed by atoms with Crippen LogP contribution in [0.2, 0.25) is 0 Å². The Morgan fingerprint density at radius 3 is 2.63 bits per heavy atom. The van der Waals surface area contributed by atoms with Crippen LogP contribution in [-0.2, 0) is 9.59 Å². The molecule has 0 aromatic rings. The normalized spacial score (nSPS) is 14.5. The maximum atomic E-state index is 11.5. The molecular formula is C14H25N3O2. The Labute approximate surface area is 115 Å². The summed E-state index contributed by atoms with van der Waals surface area (Å²) in [4.78, 5) is 22.3. The fourth-order valence-corrected chi connectivity index (χ4v) is 1.85. The molecule has 0 amide bonds. The highest BCUT2D eigenvalue weighted by atomic mass is 16.1. The lowest BCUT2D eigenvalue weighted by Gasteiger charge is -2.14. The van der Waals surface area contributed by atoms with Crippen molar-refractivity contribution in [1.29, 1.82) is 0 Å². The first-order valence-electron chi connectivity index (χ1n) is 7.00. The first-order chi connectivity index (χ1) is 8.99. The molecule has 0 atom stereocenters. The van der Waals surface area contributed by atoms with Crippen molar-refractivity contribution in [2.24, 2.45) is 5.92 Å². The summed E-state index contributed by atoms with van der Waals surface area (Å²) in [5, 5.41) is 1.97. The Hall–Kier alpha value is -1.36. The third-order valence-corrected chi connectivity index (χ3v) is 3.13. The summed E-state index contributed by atoms with van der Waals surface area (Å²) < 4.78 is 0. The highest BCUT2D eigenvalue weighted by Gasteiger charge is 2.13. The van der Waals surface area contributed by atoms with Crippen molar-refractivity contribution in [2.45, 2.75) is 52.9 Å². The van der Waals surface area contributed by atoms with Gasteiger partial charge in [0.2, 0.25) is 0 Å². The molecule has 1 aliphatic heterocycles. The second-order valence-corrected chi connectivity index (χ2v) is 5.36. The number of rotatable bonds is 9. The van der Waals surface area contributed by atoms with Gasteiger partial charge in [-0.15, -0.1) is 5.53 Å². The molecule has 0 spiro atoms. The van der Waals surface area contributed by atoms with Crippen molar-refractivity contribution >= 4 is 11.6 Å². The summed E-state index contributed by atoms with van der Waals surface area (Å²) in [7, 11) is 0. The molecule has 5 nitrogen and oxygen atoms in total. The van der Waals surface area contributed by atoms with Crippen molar-refractivity contribution in [3.63, 3.8) is 0 Å². The molecule has 19 heavy (non-hydrogen) atoms. The number of nitrogens with zero attached hydrogens (tertiary/aromatic N) is 1.